The van der Waals surface area contributed by atoms with Gasteiger partial charge < -0.3 is 20.9 Å². The summed E-state index contributed by atoms with van der Waals surface area (Å²) in [6.45, 7) is 16.8. The molecule has 2 bridgehead atoms. The number of nitrogens with two attached hydrogens (primary N) is 1. The first-order valence-electron chi connectivity index (χ1n) is 15.4. The quantitative estimate of drug-likeness (QED) is 0.263. The van der Waals surface area contributed by atoms with Gasteiger partial charge in [0.2, 0.25) is 5.91 Å². The summed E-state index contributed by atoms with van der Waals surface area (Å²) in [4.78, 5) is 39.8. The van der Waals surface area contributed by atoms with E-state index in [4.69, 9.17) is 10.5 Å². The van der Waals surface area contributed by atoms with Crippen molar-refractivity contribution in [3.8, 4) is 0 Å². The summed E-state index contributed by atoms with van der Waals surface area (Å²) in [5.41, 5.74) is 5.37. The minimum absolute atomic E-state index is 0.0676. The predicted octanol–water partition coefficient (Wildman–Crippen LogP) is 5.22. The molecule has 8 heteroatoms. The lowest BCUT2D eigenvalue weighted by Gasteiger charge is -2.61. The zero-order chi connectivity index (χ0) is 31.1. The average Bonchev–Trinajstić information content (AvgIpc) is 3.33. The van der Waals surface area contributed by atoms with Crippen molar-refractivity contribution in [2.75, 3.05) is 12.3 Å². The zero-order valence-electron chi connectivity index (χ0n) is 26.2. The maximum Gasteiger partial charge on any atom is 0.316 e. The molecule has 1 aromatic rings. The minimum Gasteiger partial charge on any atom is -0.461 e. The van der Waals surface area contributed by atoms with Crippen LogP contribution in [0.3, 0.4) is 0 Å². The number of Topliss-reactive ketones (excluding diaryl/α,β-unsaturated/α-hetero) is 1. The number of hydrogen-bond acceptors (Lipinski definition) is 7. The van der Waals surface area contributed by atoms with E-state index in [-0.39, 0.29) is 46.6 Å². The third-order valence-corrected chi connectivity index (χ3v) is 12.6. The number of nitrogens with one attached hydrogen (secondary N) is 1. The summed E-state index contributed by atoms with van der Waals surface area (Å²) >= 11 is 1.42. The van der Waals surface area contributed by atoms with Crippen molar-refractivity contribution in [1.82, 2.24) is 5.32 Å². The Kier molecular flexibility index (Phi) is 9.42. The molecule has 7 nitrogen and oxygen atoms in total. The number of esters is 1. The van der Waals surface area contributed by atoms with Gasteiger partial charge in [-0.2, -0.15) is 0 Å². The van der Waals surface area contributed by atoms with Gasteiger partial charge in [0.25, 0.3) is 0 Å². The lowest BCUT2D eigenvalue weighted by atomic mass is 9.44. The van der Waals surface area contributed by atoms with Crippen LogP contribution in [-0.4, -0.2) is 52.0 Å². The van der Waals surface area contributed by atoms with E-state index in [9.17, 15) is 19.5 Å². The molecule has 0 aromatic heterocycles. The van der Waals surface area contributed by atoms with Crippen molar-refractivity contribution in [2.45, 2.75) is 96.6 Å². The largest absolute Gasteiger partial charge is 0.461 e. The molecule has 9 atom stereocenters. The van der Waals surface area contributed by atoms with E-state index < -0.39 is 33.8 Å². The fourth-order valence-electron chi connectivity index (χ4n) is 8.22. The lowest BCUT2D eigenvalue weighted by molar-refractivity contribution is -0.205. The first kappa shape index (κ1) is 32.7. The predicted molar refractivity (Wildman–Crippen MR) is 168 cm³/mol. The Morgan fingerprint density at radius 1 is 1.24 bits per heavy atom. The van der Waals surface area contributed by atoms with Crippen molar-refractivity contribution in [1.29, 1.82) is 0 Å². The molecule has 0 spiro atoms. The summed E-state index contributed by atoms with van der Waals surface area (Å²) in [6.07, 6.45) is 4.11. The second kappa shape index (κ2) is 12.1. The van der Waals surface area contributed by atoms with Gasteiger partial charge in [-0.15, -0.1) is 18.3 Å². The fourth-order valence-corrected chi connectivity index (χ4v) is 8.97. The second-order valence-electron chi connectivity index (χ2n) is 14.2. The molecule has 3 aliphatic rings. The number of ketones is 1. The van der Waals surface area contributed by atoms with E-state index in [1.807, 2.05) is 57.2 Å². The van der Waals surface area contributed by atoms with Gasteiger partial charge in [-0.1, -0.05) is 64.1 Å². The molecule has 42 heavy (non-hydrogen) atoms. The Balaban J connectivity index is 1.48. The molecule has 0 saturated heterocycles. The Morgan fingerprint density at radius 2 is 1.90 bits per heavy atom. The van der Waals surface area contributed by atoms with Crippen molar-refractivity contribution < 1.29 is 24.2 Å². The lowest BCUT2D eigenvalue weighted by Crippen LogP contribution is -2.63. The first-order valence-corrected chi connectivity index (χ1v) is 16.4. The van der Waals surface area contributed by atoms with Gasteiger partial charge in [0.15, 0.2) is 0 Å². The minimum atomic E-state index is -0.767. The Bertz CT molecular complexity index is 1190. The summed E-state index contributed by atoms with van der Waals surface area (Å²) < 4.78 is 5.91. The van der Waals surface area contributed by atoms with Crippen molar-refractivity contribution in [3.63, 3.8) is 0 Å². The summed E-state index contributed by atoms with van der Waals surface area (Å²) in [5.74, 6) is -0.420. The number of aliphatic hydroxyl groups excluding tert-OH is 1. The summed E-state index contributed by atoms with van der Waals surface area (Å²) in [7, 11) is 0. The van der Waals surface area contributed by atoms with E-state index in [0.717, 1.165) is 24.8 Å². The van der Waals surface area contributed by atoms with Crippen LogP contribution < -0.4 is 11.1 Å². The highest BCUT2D eigenvalue weighted by Gasteiger charge is 2.68. The van der Waals surface area contributed by atoms with E-state index in [1.165, 1.54) is 11.8 Å². The van der Waals surface area contributed by atoms with Crippen molar-refractivity contribution >= 4 is 29.4 Å². The molecule has 4 rings (SSSR count). The first-order chi connectivity index (χ1) is 19.6. The average molecular weight is 599 g/mol. The number of carbonyl (C=O) groups excluding carboxylic acids is 3. The van der Waals surface area contributed by atoms with Gasteiger partial charge in [-0.25, -0.2) is 0 Å². The van der Waals surface area contributed by atoms with Crippen LogP contribution in [-0.2, 0) is 19.1 Å². The highest BCUT2D eigenvalue weighted by atomic mass is 32.2. The van der Waals surface area contributed by atoms with Crippen molar-refractivity contribution in [2.24, 2.45) is 39.7 Å². The molecule has 0 heterocycles. The van der Waals surface area contributed by atoms with Crippen LogP contribution in [0.15, 0.2) is 43.0 Å². The molecule has 3 aliphatic carbocycles. The summed E-state index contributed by atoms with van der Waals surface area (Å²) in [5, 5.41) is 14.6. The number of aliphatic hydroxyl groups is 1. The Labute approximate surface area is 255 Å². The van der Waals surface area contributed by atoms with Crippen molar-refractivity contribution in [3.05, 3.63) is 48.6 Å². The molecule has 1 amide bonds. The van der Waals surface area contributed by atoms with Gasteiger partial charge in [-0.3, -0.25) is 14.4 Å². The van der Waals surface area contributed by atoms with Crippen LogP contribution >= 0.6 is 11.8 Å². The molecule has 3 saturated carbocycles. The van der Waals surface area contributed by atoms with E-state index in [2.05, 4.69) is 32.7 Å². The van der Waals surface area contributed by atoms with Crippen LogP contribution in [0.2, 0.25) is 0 Å². The molecule has 3 fully saturated rings. The van der Waals surface area contributed by atoms with Gasteiger partial charge in [0.1, 0.15) is 17.9 Å². The topological polar surface area (TPSA) is 119 Å². The maximum absolute atomic E-state index is 13.6. The highest BCUT2D eigenvalue weighted by molar-refractivity contribution is 8.01. The van der Waals surface area contributed by atoms with E-state index in [1.54, 1.807) is 0 Å². The number of ether oxygens (including phenoxy) is 1. The Morgan fingerprint density at radius 3 is 2.55 bits per heavy atom. The maximum atomic E-state index is 13.6. The molecule has 0 aliphatic heterocycles. The number of amides is 1. The van der Waals surface area contributed by atoms with Gasteiger partial charge in [0.05, 0.1) is 11.9 Å². The van der Waals surface area contributed by atoms with E-state index in [0.29, 0.717) is 19.4 Å². The number of rotatable bonds is 9. The Hall–Kier alpha value is -2.16. The standard InChI is InChI=1S/C34H50N2O5S/c1-8-32(6)18-25(33(7)21(2)14-16-34(22(3)29(32)39)17-15-24(37)28(33)34)41-26(38)19-42-31(4,5)20-36-30(40)27(35)23-12-10-9-11-13-23/h8-13,21-22,25,27-29,39H,1,14-20,35H2,2-7H3,(H,36,40)/t21-,22+,25-,27-,28+,29+,32-,33+,34+/m1/s1. The number of benzene rings is 1. The molecule has 1 aromatic carbocycles. The molecular formula is C34H50N2O5S. The molecule has 0 unspecified atom stereocenters. The second-order valence-corrected chi connectivity index (χ2v) is 15.9. The molecule has 232 valence electrons. The fraction of sp³-hybridized carbons (Fsp3) is 0.676. The molecular weight excluding hydrogens is 548 g/mol. The van der Waals surface area contributed by atoms with Crippen LogP contribution in [0.1, 0.15) is 85.3 Å². The normalized spacial score (nSPS) is 37.1. The number of carbonyl (C=O) groups is 3. The van der Waals surface area contributed by atoms with Gasteiger partial charge in [-0.05, 0) is 62.3 Å². The molecule has 0 radical (unpaired) electrons. The monoisotopic (exact) mass is 598 g/mol. The van der Waals surface area contributed by atoms with Crippen LogP contribution in [0.4, 0.5) is 0 Å². The smallest absolute Gasteiger partial charge is 0.316 e. The van der Waals surface area contributed by atoms with Crippen LogP contribution in [0.25, 0.3) is 0 Å². The van der Waals surface area contributed by atoms with E-state index >= 15 is 0 Å². The van der Waals surface area contributed by atoms with Gasteiger partial charge >= 0.3 is 5.97 Å². The zero-order valence-corrected chi connectivity index (χ0v) is 27.0. The third-order valence-electron chi connectivity index (χ3n) is 11.3. The highest BCUT2D eigenvalue weighted by Crippen LogP contribution is 2.68. The summed E-state index contributed by atoms with van der Waals surface area (Å²) in [6, 6.07) is 8.45. The van der Waals surface area contributed by atoms with Crippen LogP contribution in [0, 0.1) is 34.0 Å². The number of thioether (sulfide) groups is 1. The van der Waals surface area contributed by atoms with Gasteiger partial charge in [0, 0.05) is 34.5 Å². The van der Waals surface area contributed by atoms with Crippen LogP contribution in [0.5, 0.6) is 0 Å². The number of hydrogen-bond donors (Lipinski definition) is 3. The molecule has 4 N–H and O–H groups in total. The SMILES string of the molecule is C=C[C@]1(C)C[C@@H](OC(=O)CSC(C)(C)CNC(=O)[C@H](N)c2ccccc2)[C@]2(C)[C@H](C)CC[C@]3(CCC(=O)[C@H]32)[C@@H](C)[C@@H]1O. The third kappa shape index (κ3) is 5.83.